The van der Waals surface area contributed by atoms with Crippen molar-refractivity contribution in [3.8, 4) is 0 Å². The van der Waals surface area contributed by atoms with Crippen LogP contribution < -0.4 is 5.32 Å². The first-order chi connectivity index (χ1) is 9.89. The maximum atomic E-state index is 4.00. The standard InChI is InChI=1S/C19H35N/c1-2-4-6-8-10-18(11-9-7-5-3-1)20-16-19(14-15-19)17-12-13-17/h17-18,20H,1-16H2. The molecule has 1 nitrogen and oxygen atoms in total. The topological polar surface area (TPSA) is 12.0 Å². The fraction of sp³-hybridized carbons (Fsp3) is 1.00. The van der Waals surface area contributed by atoms with Crippen LogP contribution >= 0.6 is 0 Å². The Balaban J connectivity index is 1.40. The minimum absolute atomic E-state index is 0.781. The van der Waals surface area contributed by atoms with Gasteiger partial charge in [0, 0.05) is 12.6 Å². The third kappa shape index (κ3) is 4.48. The Labute approximate surface area is 126 Å². The van der Waals surface area contributed by atoms with Crippen molar-refractivity contribution in [3.63, 3.8) is 0 Å². The third-order valence-electron chi connectivity index (χ3n) is 6.18. The van der Waals surface area contributed by atoms with Crippen molar-refractivity contribution in [2.24, 2.45) is 11.3 Å². The summed E-state index contributed by atoms with van der Waals surface area (Å²) < 4.78 is 0. The van der Waals surface area contributed by atoms with Crippen LogP contribution in [0.25, 0.3) is 0 Å². The first kappa shape index (κ1) is 14.9. The van der Waals surface area contributed by atoms with E-state index < -0.39 is 0 Å². The highest BCUT2D eigenvalue weighted by Gasteiger charge is 2.53. The van der Waals surface area contributed by atoms with Gasteiger partial charge in [-0.1, -0.05) is 57.8 Å². The minimum Gasteiger partial charge on any atom is -0.313 e. The molecule has 3 aliphatic carbocycles. The van der Waals surface area contributed by atoms with Crippen molar-refractivity contribution >= 4 is 0 Å². The van der Waals surface area contributed by atoms with Crippen molar-refractivity contribution in [3.05, 3.63) is 0 Å². The molecule has 0 heterocycles. The highest BCUT2D eigenvalue weighted by atomic mass is 14.9. The summed E-state index contributed by atoms with van der Waals surface area (Å²) in [4.78, 5) is 0. The van der Waals surface area contributed by atoms with Gasteiger partial charge in [0.2, 0.25) is 0 Å². The average Bonchev–Trinajstić information content (AvgIpc) is 3.31. The summed E-state index contributed by atoms with van der Waals surface area (Å²) in [7, 11) is 0. The molecular weight excluding hydrogens is 242 g/mol. The molecule has 0 saturated heterocycles. The summed E-state index contributed by atoms with van der Waals surface area (Å²) >= 11 is 0. The zero-order chi connectivity index (χ0) is 13.7. The van der Waals surface area contributed by atoms with Gasteiger partial charge in [0.1, 0.15) is 0 Å². The Morgan fingerprint density at radius 2 is 1.15 bits per heavy atom. The van der Waals surface area contributed by atoms with E-state index in [0.29, 0.717) is 0 Å². The molecule has 3 aliphatic rings. The molecule has 0 aromatic rings. The van der Waals surface area contributed by atoms with Gasteiger partial charge in [-0.25, -0.2) is 0 Å². The number of hydrogen-bond donors (Lipinski definition) is 1. The van der Waals surface area contributed by atoms with Crippen LogP contribution in [0.1, 0.15) is 96.3 Å². The minimum atomic E-state index is 0.781. The Bertz CT molecular complexity index is 265. The first-order valence-electron chi connectivity index (χ1n) is 9.62. The molecule has 0 atom stereocenters. The van der Waals surface area contributed by atoms with Gasteiger partial charge in [0.15, 0.2) is 0 Å². The fourth-order valence-electron chi connectivity index (χ4n) is 4.30. The quantitative estimate of drug-likeness (QED) is 0.721. The second-order valence-electron chi connectivity index (χ2n) is 7.97. The first-order valence-corrected chi connectivity index (χ1v) is 9.62. The SMILES string of the molecule is C1CCCCCC(NCC2(C3CC3)CC2)CCCCC1. The van der Waals surface area contributed by atoms with E-state index in [9.17, 15) is 0 Å². The van der Waals surface area contributed by atoms with Crippen LogP contribution in [0.15, 0.2) is 0 Å². The van der Waals surface area contributed by atoms with Crippen LogP contribution in [0.2, 0.25) is 0 Å². The molecule has 0 amide bonds. The van der Waals surface area contributed by atoms with E-state index >= 15 is 0 Å². The van der Waals surface area contributed by atoms with Gasteiger partial charge in [-0.3, -0.25) is 0 Å². The van der Waals surface area contributed by atoms with Gasteiger partial charge in [-0.05, 0) is 49.9 Å². The highest BCUT2D eigenvalue weighted by molar-refractivity contribution is 5.05. The Morgan fingerprint density at radius 3 is 1.60 bits per heavy atom. The van der Waals surface area contributed by atoms with Crippen molar-refractivity contribution in [2.45, 2.75) is 102 Å². The van der Waals surface area contributed by atoms with E-state index in [1.807, 2.05) is 0 Å². The van der Waals surface area contributed by atoms with E-state index in [2.05, 4.69) is 5.32 Å². The molecule has 20 heavy (non-hydrogen) atoms. The summed E-state index contributed by atoms with van der Waals surface area (Å²) in [5.74, 6) is 1.11. The third-order valence-corrected chi connectivity index (χ3v) is 6.18. The summed E-state index contributed by atoms with van der Waals surface area (Å²) in [6.07, 6.45) is 22.3. The van der Waals surface area contributed by atoms with Crippen molar-refractivity contribution in [1.82, 2.24) is 5.32 Å². The predicted octanol–water partition coefficient (Wildman–Crippen LogP) is 5.44. The molecule has 1 heteroatoms. The van der Waals surface area contributed by atoms with Crippen LogP contribution in [0, 0.1) is 11.3 Å². The molecule has 0 spiro atoms. The fourth-order valence-corrected chi connectivity index (χ4v) is 4.30. The van der Waals surface area contributed by atoms with Gasteiger partial charge < -0.3 is 5.32 Å². The molecule has 0 aromatic heterocycles. The molecule has 1 N–H and O–H groups in total. The van der Waals surface area contributed by atoms with E-state index in [1.165, 1.54) is 103 Å². The molecule has 3 fully saturated rings. The molecule has 0 aliphatic heterocycles. The lowest BCUT2D eigenvalue weighted by Gasteiger charge is -2.23. The molecule has 0 aromatic carbocycles. The maximum Gasteiger partial charge on any atom is 0.00672 e. The van der Waals surface area contributed by atoms with Gasteiger partial charge >= 0.3 is 0 Å². The molecule has 0 radical (unpaired) electrons. The smallest absolute Gasteiger partial charge is 0.00672 e. The predicted molar refractivity (Wildman–Crippen MR) is 87.0 cm³/mol. The van der Waals surface area contributed by atoms with Crippen LogP contribution in [0.5, 0.6) is 0 Å². The average molecular weight is 277 g/mol. The largest absolute Gasteiger partial charge is 0.313 e. The van der Waals surface area contributed by atoms with Crippen molar-refractivity contribution < 1.29 is 0 Å². The number of hydrogen-bond acceptors (Lipinski definition) is 1. The Hall–Kier alpha value is -0.0400. The van der Waals surface area contributed by atoms with Crippen molar-refractivity contribution in [2.75, 3.05) is 6.54 Å². The summed E-state index contributed by atoms with van der Waals surface area (Å²) in [5.41, 5.74) is 0.781. The number of rotatable bonds is 4. The van der Waals surface area contributed by atoms with Crippen LogP contribution in [-0.4, -0.2) is 12.6 Å². The van der Waals surface area contributed by atoms with Gasteiger partial charge in [-0.15, -0.1) is 0 Å². The Morgan fingerprint density at radius 1 is 0.650 bits per heavy atom. The molecule has 116 valence electrons. The lowest BCUT2D eigenvalue weighted by molar-refractivity contribution is 0.338. The van der Waals surface area contributed by atoms with Gasteiger partial charge in [0.25, 0.3) is 0 Å². The monoisotopic (exact) mass is 277 g/mol. The van der Waals surface area contributed by atoms with Crippen LogP contribution in [0.4, 0.5) is 0 Å². The highest BCUT2D eigenvalue weighted by Crippen LogP contribution is 2.60. The normalized spacial score (nSPS) is 29.4. The summed E-state index contributed by atoms with van der Waals surface area (Å²) in [6, 6.07) is 0.839. The van der Waals surface area contributed by atoms with Gasteiger partial charge in [0.05, 0.1) is 0 Å². The molecular formula is C19H35N. The van der Waals surface area contributed by atoms with Gasteiger partial charge in [-0.2, -0.15) is 0 Å². The molecule has 3 rings (SSSR count). The zero-order valence-corrected chi connectivity index (χ0v) is 13.5. The van der Waals surface area contributed by atoms with Crippen molar-refractivity contribution in [1.29, 1.82) is 0 Å². The Kier molecular flexibility index (Phi) is 5.42. The zero-order valence-electron chi connectivity index (χ0n) is 13.5. The lowest BCUT2D eigenvalue weighted by atomic mass is 9.96. The van der Waals surface area contributed by atoms with Crippen LogP contribution in [-0.2, 0) is 0 Å². The summed E-state index contributed by atoms with van der Waals surface area (Å²) in [6.45, 7) is 1.35. The second kappa shape index (κ2) is 7.29. The lowest BCUT2D eigenvalue weighted by Crippen LogP contribution is -2.35. The molecule has 0 bridgehead atoms. The molecule has 0 unspecified atom stereocenters. The van der Waals surface area contributed by atoms with E-state index in [1.54, 1.807) is 0 Å². The van der Waals surface area contributed by atoms with E-state index in [-0.39, 0.29) is 0 Å². The van der Waals surface area contributed by atoms with E-state index in [4.69, 9.17) is 0 Å². The van der Waals surface area contributed by atoms with E-state index in [0.717, 1.165) is 17.4 Å². The van der Waals surface area contributed by atoms with Crippen LogP contribution in [0.3, 0.4) is 0 Å². The summed E-state index contributed by atoms with van der Waals surface area (Å²) in [5, 5.41) is 4.00. The maximum absolute atomic E-state index is 4.00. The molecule has 3 saturated carbocycles. The number of nitrogens with one attached hydrogen (secondary N) is 1. The second-order valence-corrected chi connectivity index (χ2v) is 7.97.